The maximum Gasteiger partial charge on any atom is 0.338 e. The Kier molecular flexibility index (Phi) is 5.54. The van der Waals surface area contributed by atoms with Crippen LogP contribution in [-0.4, -0.2) is 26.4 Å². The second kappa shape index (κ2) is 7.87. The van der Waals surface area contributed by atoms with Crippen LogP contribution >= 0.6 is 23.2 Å². The molecule has 3 N–H and O–H groups in total. The molecule has 3 rings (SSSR count). The molecule has 0 aliphatic carbocycles. The first-order valence-corrected chi connectivity index (χ1v) is 8.27. The van der Waals surface area contributed by atoms with Gasteiger partial charge in [-0.15, -0.1) is 0 Å². The number of pyridine rings is 1. The van der Waals surface area contributed by atoms with E-state index in [1.54, 1.807) is 13.0 Å². The third kappa shape index (κ3) is 4.16. The van der Waals surface area contributed by atoms with Crippen molar-refractivity contribution in [3.05, 3.63) is 51.8 Å². The highest BCUT2D eigenvalue weighted by Crippen LogP contribution is 2.38. The van der Waals surface area contributed by atoms with Crippen molar-refractivity contribution in [1.29, 1.82) is 0 Å². The van der Waals surface area contributed by atoms with Gasteiger partial charge < -0.3 is 9.84 Å². The number of halogens is 3. The standard InChI is InChI=1S/C16H12Cl2FN5O3/c1-7-22-15(24-27-7)14-10(3-9(17)4-11(14)18)8-2-12(19)13(20-5-8)6-21-16(25)23-26/h2-5,26H,6H2,1H3,(H2,21,23,25). The molecular weight excluding hydrogens is 400 g/mol. The van der Waals surface area contributed by atoms with E-state index in [1.165, 1.54) is 23.8 Å². The van der Waals surface area contributed by atoms with Crippen LogP contribution in [0.1, 0.15) is 11.6 Å². The summed E-state index contributed by atoms with van der Waals surface area (Å²) < 4.78 is 19.4. The lowest BCUT2D eigenvalue weighted by molar-refractivity contribution is 0.161. The minimum atomic E-state index is -0.878. The molecule has 0 saturated heterocycles. The lowest BCUT2D eigenvalue weighted by Crippen LogP contribution is -2.33. The Morgan fingerprint density at radius 1 is 1.33 bits per heavy atom. The highest BCUT2D eigenvalue weighted by Gasteiger charge is 2.19. The number of carbonyl (C=O) groups excluding carboxylic acids is 1. The molecule has 1 aromatic carbocycles. The van der Waals surface area contributed by atoms with Crippen LogP contribution in [0.5, 0.6) is 0 Å². The summed E-state index contributed by atoms with van der Waals surface area (Å²) >= 11 is 12.4. The summed E-state index contributed by atoms with van der Waals surface area (Å²) in [7, 11) is 0. The second-order valence-corrected chi connectivity index (χ2v) is 6.24. The molecule has 8 nitrogen and oxygen atoms in total. The molecule has 2 aromatic heterocycles. The number of carbonyl (C=O) groups is 1. The lowest BCUT2D eigenvalue weighted by Gasteiger charge is -2.11. The Bertz CT molecular complexity index is 1010. The van der Waals surface area contributed by atoms with Crippen molar-refractivity contribution in [2.45, 2.75) is 13.5 Å². The largest absolute Gasteiger partial charge is 0.339 e. The second-order valence-electron chi connectivity index (χ2n) is 5.39. The lowest BCUT2D eigenvalue weighted by atomic mass is 10.00. The van der Waals surface area contributed by atoms with E-state index in [0.717, 1.165) is 0 Å². The van der Waals surface area contributed by atoms with E-state index >= 15 is 0 Å². The van der Waals surface area contributed by atoms with Crippen LogP contribution < -0.4 is 10.8 Å². The first-order valence-electron chi connectivity index (χ1n) is 7.51. The van der Waals surface area contributed by atoms with Crippen molar-refractivity contribution >= 4 is 29.2 Å². The third-order valence-electron chi connectivity index (χ3n) is 3.55. The van der Waals surface area contributed by atoms with Crippen LogP contribution in [0.15, 0.2) is 28.9 Å². The fourth-order valence-corrected chi connectivity index (χ4v) is 2.95. The Morgan fingerprint density at radius 3 is 2.74 bits per heavy atom. The summed E-state index contributed by atoms with van der Waals surface area (Å²) in [6.45, 7) is 1.41. The minimum absolute atomic E-state index is 0.0209. The zero-order valence-electron chi connectivity index (χ0n) is 13.8. The predicted octanol–water partition coefficient (Wildman–Crippen LogP) is 3.74. The Labute approximate surface area is 162 Å². The number of amides is 2. The number of rotatable bonds is 4. The molecule has 140 valence electrons. The van der Waals surface area contributed by atoms with E-state index in [-0.39, 0.29) is 23.1 Å². The van der Waals surface area contributed by atoms with Crippen LogP contribution in [0.4, 0.5) is 9.18 Å². The molecule has 0 spiro atoms. The van der Waals surface area contributed by atoms with Crippen molar-refractivity contribution in [3.8, 4) is 22.5 Å². The first kappa shape index (κ1) is 19.0. The normalized spacial score (nSPS) is 10.7. The van der Waals surface area contributed by atoms with Crippen LogP contribution in [-0.2, 0) is 6.54 Å². The maximum absolute atomic E-state index is 14.4. The first-order chi connectivity index (χ1) is 12.9. The van der Waals surface area contributed by atoms with Gasteiger partial charge in [0, 0.05) is 29.3 Å². The highest BCUT2D eigenvalue weighted by molar-refractivity contribution is 6.37. The number of hydroxylamine groups is 1. The van der Waals surface area contributed by atoms with Crippen molar-refractivity contribution in [3.63, 3.8) is 0 Å². The van der Waals surface area contributed by atoms with Crippen LogP contribution in [0.3, 0.4) is 0 Å². The summed E-state index contributed by atoms with van der Waals surface area (Å²) in [4.78, 5) is 19.2. The number of aryl methyl sites for hydroxylation is 1. The van der Waals surface area contributed by atoms with Gasteiger partial charge in [-0.05, 0) is 23.8 Å². The Balaban J connectivity index is 2.03. The molecule has 0 saturated carbocycles. The molecule has 0 fully saturated rings. The van der Waals surface area contributed by atoms with Gasteiger partial charge in [-0.1, -0.05) is 28.4 Å². The van der Waals surface area contributed by atoms with Gasteiger partial charge in [-0.3, -0.25) is 10.2 Å². The van der Waals surface area contributed by atoms with E-state index in [2.05, 4.69) is 20.4 Å². The molecule has 2 heterocycles. The van der Waals surface area contributed by atoms with Gasteiger partial charge >= 0.3 is 6.03 Å². The van der Waals surface area contributed by atoms with Crippen molar-refractivity contribution < 1.29 is 18.9 Å². The minimum Gasteiger partial charge on any atom is -0.339 e. The number of nitrogens with zero attached hydrogens (tertiary/aromatic N) is 3. The van der Waals surface area contributed by atoms with E-state index < -0.39 is 11.8 Å². The number of benzene rings is 1. The molecule has 0 aliphatic heterocycles. The van der Waals surface area contributed by atoms with Gasteiger partial charge in [0.15, 0.2) is 0 Å². The van der Waals surface area contributed by atoms with Crippen molar-refractivity contribution in [2.75, 3.05) is 0 Å². The molecule has 2 amide bonds. The molecule has 0 radical (unpaired) electrons. The fourth-order valence-electron chi connectivity index (χ4n) is 2.38. The van der Waals surface area contributed by atoms with Gasteiger partial charge in [-0.25, -0.2) is 14.7 Å². The SMILES string of the molecule is Cc1nc(-c2c(Cl)cc(Cl)cc2-c2cnc(CNC(=O)NO)c(F)c2)no1. The van der Waals surface area contributed by atoms with Crippen LogP contribution in [0.2, 0.25) is 10.0 Å². The van der Waals surface area contributed by atoms with E-state index in [4.69, 9.17) is 32.9 Å². The average Bonchev–Trinajstić information content (AvgIpc) is 3.05. The molecule has 0 unspecified atom stereocenters. The van der Waals surface area contributed by atoms with E-state index in [0.29, 0.717) is 27.6 Å². The summed E-state index contributed by atoms with van der Waals surface area (Å²) in [5.41, 5.74) is 2.62. The number of aromatic nitrogens is 3. The summed E-state index contributed by atoms with van der Waals surface area (Å²) in [6, 6.07) is 3.45. The summed E-state index contributed by atoms with van der Waals surface area (Å²) in [5, 5.41) is 15.1. The molecule has 0 aliphatic rings. The quantitative estimate of drug-likeness (QED) is 0.445. The van der Waals surface area contributed by atoms with E-state index in [1.807, 2.05) is 0 Å². The van der Waals surface area contributed by atoms with Crippen LogP contribution in [0, 0.1) is 12.7 Å². The van der Waals surface area contributed by atoms with Gasteiger partial charge in [0.05, 0.1) is 17.3 Å². The number of urea groups is 1. The van der Waals surface area contributed by atoms with E-state index in [9.17, 15) is 9.18 Å². The summed E-state index contributed by atoms with van der Waals surface area (Å²) in [6.07, 6.45) is 1.40. The van der Waals surface area contributed by atoms with Crippen LogP contribution in [0.25, 0.3) is 22.5 Å². The Morgan fingerprint density at radius 2 is 2.11 bits per heavy atom. The fraction of sp³-hybridized carbons (Fsp3) is 0.125. The predicted molar refractivity (Wildman–Crippen MR) is 94.8 cm³/mol. The number of nitrogens with one attached hydrogen (secondary N) is 2. The third-order valence-corrected chi connectivity index (χ3v) is 4.07. The van der Waals surface area contributed by atoms with Gasteiger partial charge in [0.1, 0.15) is 5.82 Å². The molecule has 0 atom stereocenters. The smallest absolute Gasteiger partial charge is 0.338 e. The van der Waals surface area contributed by atoms with Crippen molar-refractivity contribution in [1.82, 2.24) is 25.9 Å². The van der Waals surface area contributed by atoms with Crippen molar-refractivity contribution in [2.24, 2.45) is 0 Å². The maximum atomic E-state index is 14.4. The average molecular weight is 412 g/mol. The zero-order chi connectivity index (χ0) is 19.6. The Hall–Kier alpha value is -2.75. The topological polar surface area (TPSA) is 113 Å². The molecule has 11 heteroatoms. The monoisotopic (exact) mass is 411 g/mol. The van der Waals surface area contributed by atoms with Gasteiger partial charge in [-0.2, -0.15) is 4.98 Å². The van der Waals surface area contributed by atoms with Gasteiger partial charge in [0.2, 0.25) is 11.7 Å². The zero-order valence-corrected chi connectivity index (χ0v) is 15.3. The summed E-state index contributed by atoms with van der Waals surface area (Å²) in [5.74, 6) is -0.0955. The molecular formula is C16H12Cl2FN5O3. The molecule has 0 bridgehead atoms. The highest BCUT2D eigenvalue weighted by atomic mass is 35.5. The number of hydrogen-bond donors (Lipinski definition) is 3. The molecule has 27 heavy (non-hydrogen) atoms. The van der Waals surface area contributed by atoms with Gasteiger partial charge in [0.25, 0.3) is 0 Å². The molecule has 3 aromatic rings. The number of hydrogen-bond acceptors (Lipinski definition) is 6.